The first-order chi connectivity index (χ1) is 5.02. The van der Waals surface area contributed by atoms with Crippen LogP contribution in [0.4, 0.5) is 0 Å². The minimum Gasteiger partial charge on any atom is -1.00 e. The molecule has 7 heteroatoms. The molecule has 0 saturated carbocycles. The third-order valence-corrected chi connectivity index (χ3v) is 1.79. The molecule has 0 amide bonds. The topological polar surface area (TPSA) is 86.5 Å². The van der Waals surface area contributed by atoms with Crippen molar-refractivity contribution in [3.8, 4) is 0 Å². The molecule has 0 rings (SSSR count). The third kappa shape index (κ3) is 6.81. The number of carbonyl (C=O) groups excluding carboxylic acids is 1. The van der Waals surface area contributed by atoms with Crippen molar-refractivity contribution in [3.63, 3.8) is 0 Å². The van der Waals surface area contributed by atoms with Crippen molar-refractivity contribution in [2.75, 3.05) is 12.3 Å². The van der Waals surface area contributed by atoms with E-state index in [2.05, 4.69) is 10.8 Å². The van der Waals surface area contributed by atoms with E-state index in [4.69, 9.17) is 5.73 Å². The fraction of sp³-hybridized carbons (Fsp3) is 0.400. The number of rotatable bonds is 4. The Morgan fingerprint density at radius 3 is 2.50 bits per heavy atom. The van der Waals surface area contributed by atoms with Crippen LogP contribution in [-0.4, -0.2) is 26.7 Å². The summed E-state index contributed by atoms with van der Waals surface area (Å²) in [5.74, 6) is -1.36. The summed E-state index contributed by atoms with van der Waals surface area (Å²) in [4.78, 5) is 10.3. The van der Waals surface area contributed by atoms with Crippen LogP contribution in [0.15, 0.2) is 12.7 Å². The van der Waals surface area contributed by atoms with E-state index >= 15 is 0 Å². The second-order valence-corrected chi connectivity index (χ2v) is 3.29. The molecule has 12 heavy (non-hydrogen) atoms. The minimum atomic E-state index is -3.79. The van der Waals surface area contributed by atoms with Crippen LogP contribution < -0.4 is 35.3 Å². The van der Waals surface area contributed by atoms with E-state index in [1.165, 1.54) is 0 Å². The molecule has 66 valence electrons. The zero-order valence-corrected chi connectivity index (χ0v) is 9.63. The Balaban J connectivity index is -0.000000500. The molecule has 0 aliphatic carbocycles. The van der Waals surface area contributed by atoms with Crippen LogP contribution in [0, 0.1) is 0 Å². The molecule has 0 radical (unpaired) electrons. The first-order valence-corrected chi connectivity index (χ1v) is 4.35. The zero-order valence-electron chi connectivity index (χ0n) is 7.82. The molecule has 0 saturated heterocycles. The van der Waals surface area contributed by atoms with E-state index in [9.17, 15) is 13.2 Å². The predicted octanol–water partition coefficient (Wildman–Crippen LogP) is -3.88. The van der Waals surface area contributed by atoms with E-state index in [0.717, 1.165) is 6.08 Å². The molecule has 0 bridgehead atoms. The van der Waals surface area contributed by atoms with Gasteiger partial charge in [0.1, 0.15) is 5.75 Å². The average Bonchev–Trinajstić information content (AvgIpc) is 1.86. The van der Waals surface area contributed by atoms with Crippen molar-refractivity contribution in [1.29, 1.82) is 0 Å². The van der Waals surface area contributed by atoms with Gasteiger partial charge < -0.3 is 11.3 Å². The van der Waals surface area contributed by atoms with Gasteiger partial charge in [0.2, 0.25) is 0 Å². The monoisotopic (exact) mass is 203 g/mol. The van der Waals surface area contributed by atoms with Crippen molar-refractivity contribution in [1.82, 2.24) is 0 Å². The maximum atomic E-state index is 10.6. The SMILES string of the molecule is C=CCS(=O)(=O)OC(=O)CN.[H-].[Na+]. The summed E-state index contributed by atoms with van der Waals surface area (Å²) in [6, 6.07) is 0. The van der Waals surface area contributed by atoms with Crippen LogP contribution in [0.1, 0.15) is 1.43 Å². The van der Waals surface area contributed by atoms with E-state index in [-0.39, 0.29) is 31.0 Å². The Bertz CT molecular complexity index is 253. The summed E-state index contributed by atoms with van der Waals surface area (Å²) in [5.41, 5.74) is 4.81. The van der Waals surface area contributed by atoms with Crippen molar-refractivity contribution in [3.05, 3.63) is 12.7 Å². The Hall–Kier alpha value is 0.120. The summed E-state index contributed by atoms with van der Waals surface area (Å²) in [5, 5.41) is 0. The maximum absolute atomic E-state index is 10.6. The van der Waals surface area contributed by atoms with Gasteiger partial charge in [-0.15, -0.1) is 6.58 Å². The molecule has 5 nitrogen and oxygen atoms in total. The van der Waals surface area contributed by atoms with Gasteiger partial charge in [-0.3, -0.25) is 0 Å². The van der Waals surface area contributed by atoms with Gasteiger partial charge in [-0.05, 0) is 0 Å². The van der Waals surface area contributed by atoms with Crippen LogP contribution in [0.2, 0.25) is 0 Å². The summed E-state index contributed by atoms with van der Waals surface area (Å²) >= 11 is 0. The van der Waals surface area contributed by atoms with Crippen molar-refractivity contribution < 1.29 is 48.4 Å². The van der Waals surface area contributed by atoms with Gasteiger partial charge in [-0.1, -0.05) is 6.08 Å². The molecular weight excluding hydrogens is 193 g/mol. The molecule has 0 unspecified atom stereocenters. The van der Waals surface area contributed by atoms with Crippen molar-refractivity contribution >= 4 is 16.1 Å². The molecule has 2 N–H and O–H groups in total. The molecule has 0 aliphatic heterocycles. The number of hydrogen-bond acceptors (Lipinski definition) is 5. The van der Waals surface area contributed by atoms with E-state index in [0.29, 0.717) is 0 Å². The van der Waals surface area contributed by atoms with Crippen LogP contribution in [0.25, 0.3) is 0 Å². The maximum Gasteiger partial charge on any atom is 1.00 e. The van der Waals surface area contributed by atoms with Crippen LogP contribution in [0.5, 0.6) is 0 Å². The second-order valence-electron chi connectivity index (χ2n) is 1.67. The van der Waals surface area contributed by atoms with Crippen molar-refractivity contribution in [2.24, 2.45) is 5.73 Å². The smallest absolute Gasteiger partial charge is 1.00 e. The van der Waals surface area contributed by atoms with E-state index < -0.39 is 28.4 Å². The van der Waals surface area contributed by atoms with Gasteiger partial charge in [-0.25, -0.2) is 4.79 Å². The predicted molar refractivity (Wildman–Crippen MR) is 40.2 cm³/mol. The Kier molecular flexibility index (Phi) is 8.07. The number of carbonyl (C=O) groups is 1. The fourth-order valence-corrected chi connectivity index (χ4v) is 1.06. The van der Waals surface area contributed by atoms with Gasteiger partial charge in [0, 0.05) is 0 Å². The molecule has 0 aromatic carbocycles. The van der Waals surface area contributed by atoms with Gasteiger partial charge in [-0.2, -0.15) is 8.42 Å². The summed E-state index contributed by atoms with van der Waals surface area (Å²) in [6.07, 6.45) is 1.12. The normalized spacial score (nSPS) is 9.75. The summed E-state index contributed by atoms with van der Waals surface area (Å²) in [7, 11) is -3.79. The number of nitrogens with two attached hydrogens (primary N) is 1. The molecule has 0 aliphatic rings. The van der Waals surface area contributed by atoms with Crippen molar-refractivity contribution in [2.45, 2.75) is 0 Å². The van der Waals surface area contributed by atoms with E-state index in [1.54, 1.807) is 0 Å². The summed E-state index contributed by atoms with van der Waals surface area (Å²) in [6.45, 7) is 2.73. The Morgan fingerprint density at radius 2 is 2.17 bits per heavy atom. The Morgan fingerprint density at radius 1 is 1.67 bits per heavy atom. The zero-order chi connectivity index (χ0) is 8.91. The molecule has 0 aromatic rings. The first kappa shape index (κ1) is 14.6. The van der Waals surface area contributed by atoms with Gasteiger partial charge in [0.25, 0.3) is 0 Å². The Labute approximate surface area is 94.9 Å². The van der Waals surface area contributed by atoms with Gasteiger partial charge in [0.05, 0.1) is 6.54 Å². The van der Waals surface area contributed by atoms with E-state index in [1.807, 2.05) is 0 Å². The molecule has 0 fully saturated rings. The standard InChI is InChI=1S/C5H9NO4S.Na.H/c1-2-3-11(8,9)10-5(7)4-6;;/h2H,1,3-4,6H2;;/q;+1;-1. The average molecular weight is 203 g/mol. The molecule has 0 atom stereocenters. The van der Waals surface area contributed by atoms with Crippen LogP contribution in [-0.2, 0) is 19.1 Å². The van der Waals surface area contributed by atoms with Crippen LogP contribution in [0.3, 0.4) is 0 Å². The fourth-order valence-electron chi connectivity index (χ4n) is 0.354. The minimum absolute atomic E-state index is 0. The molecular formula is C5H10NNaO4S. The van der Waals surface area contributed by atoms with Gasteiger partial charge in [0.15, 0.2) is 0 Å². The van der Waals surface area contributed by atoms with Crippen LogP contribution >= 0.6 is 0 Å². The molecule has 0 heterocycles. The summed E-state index contributed by atoms with van der Waals surface area (Å²) < 4.78 is 25.2. The molecule has 0 spiro atoms. The largest absolute Gasteiger partial charge is 1.00 e. The quantitative estimate of drug-likeness (QED) is 0.287. The second kappa shape index (κ2) is 6.62. The van der Waals surface area contributed by atoms with Gasteiger partial charge >= 0.3 is 45.6 Å². The third-order valence-electron chi connectivity index (χ3n) is 0.709. The number of hydrogen-bond donors (Lipinski definition) is 1. The first-order valence-electron chi connectivity index (χ1n) is 2.78. The molecule has 0 aromatic heterocycles.